The van der Waals surface area contributed by atoms with Gasteiger partial charge in [-0.3, -0.25) is 0 Å². The molecule has 0 saturated heterocycles. The molecule has 326 valence electrons. The largest absolute Gasteiger partial charge is 0.309 e. The maximum absolute atomic E-state index is 2.54. The fourth-order valence-corrected chi connectivity index (χ4v) is 11.1. The van der Waals surface area contributed by atoms with E-state index in [4.69, 9.17) is 0 Å². The molecule has 0 spiro atoms. The van der Waals surface area contributed by atoms with Crippen LogP contribution in [0.4, 0.5) is 17.1 Å². The van der Waals surface area contributed by atoms with E-state index in [9.17, 15) is 0 Å². The number of fused-ring (bicyclic) bond motifs is 7. The molecule has 0 N–H and O–H groups in total. The summed E-state index contributed by atoms with van der Waals surface area (Å²) in [6.07, 6.45) is 0. The molecule has 0 aliphatic heterocycles. The van der Waals surface area contributed by atoms with E-state index in [1.165, 1.54) is 114 Å². The quantitative estimate of drug-likeness (QED) is 0.150. The van der Waals surface area contributed by atoms with Crippen molar-refractivity contribution < 1.29 is 0 Å². The van der Waals surface area contributed by atoms with Crippen molar-refractivity contribution in [1.82, 2.24) is 0 Å². The maximum Gasteiger partial charge on any atom is 0.0618 e. The molecule has 0 amide bonds. The van der Waals surface area contributed by atoms with Gasteiger partial charge in [-0.05, 0) is 151 Å². The van der Waals surface area contributed by atoms with E-state index >= 15 is 0 Å². The van der Waals surface area contributed by atoms with Crippen LogP contribution in [0.15, 0.2) is 243 Å². The topological polar surface area (TPSA) is 3.24 Å². The van der Waals surface area contributed by atoms with Gasteiger partial charge in [0.1, 0.15) is 0 Å². The lowest BCUT2D eigenvalue weighted by molar-refractivity contribution is 0.590. The van der Waals surface area contributed by atoms with Gasteiger partial charge < -0.3 is 4.90 Å². The first-order valence-electron chi connectivity index (χ1n) is 24.2. The Kier molecular flexibility index (Phi) is 9.49. The van der Waals surface area contributed by atoms with Gasteiger partial charge in [0.2, 0.25) is 0 Å². The Morgan fingerprint density at radius 3 is 1.01 bits per heavy atom. The number of nitrogens with zero attached hydrogens (tertiary/aromatic N) is 1. The molecule has 0 radical (unpaired) electrons. The van der Waals surface area contributed by atoms with E-state index in [0.29, 0.717) is 0 Å². The van der Waals surface area contributed by atoms with Gasteiger partial charge in [0, 0.05) is 22.1 Å². The van der Waals surface area contributed by atoms with E-state index in [2.05, 4.69) is 268 Å². The molecular formula is C68H49N. The second-order valence-electron chi connectivity index (χ2n) is 19.7. The van der Waals surface area contributed by atoms with Crippen molar-refractivity contribution in [3.05, 3.63) is 248 Å². The monoisotopic (exact) mass is 879 g/mol. The molecule has 1 nitrogen and oxygen atoms in total. The molecule has 0 aliphatic rings. The molecule has 0 atom stereocenters. The molecule has 0 saturated carbocycles. The molecule has 0 aliphatic carbocycles. The Morgan fingerprint density at radius 1 is 0.261 bits per heavy atom. The molecule has 0 aromatic heterocycles. The summed E-state index contributed by atoms with van der Waals surface area (Å²) in [5.74, 6) is 0. The zero-order chi connectivity index (χ0) is 46.2. The summed E-state index contributed by atoms with van der Waals surface area (Å²) in [6, 6.07) is 90.6. The van der Waals surface area contributed by atoms with E-state index in [-0.39, 0.29) is 5.41 Å². The number of hydrogen-bond donors (Lipinski definition) is 0. The van der Waals surface area contributed by atoms with Gasteiger partial charge in [0.25, 0.3) is 0 Å². The molecular weight excluding hydrogens is 831 g/mol. The predicted molar refractivity (Wildman–Crippen MR) is 299 cm³/mol. The first kappa shape index (κ1) is 40.7. The van der Waals surface area contributed by atoms with Crippen molar-refractivity contribution in [2.24, 2.45) is 0 Å². The van der Waals surface area contributed by atoms with Crippen molar-refractivity contribution in [2.75, 3.05) is 4.90 Å². The van der Waals surface area contributed by atoms with E-state index in [1.54, 1.807) is 0 Å². The molecule has 0 unspecified atom stereocenters. The maximum atomic E-state index is 2.54. The summed E-state index contributed by atoms with van der Waals surface area (Å²) in [7, 11) is 0. The Morgan fingerprint density at radius 2 is 0.594 bits per heavy atom. The highest BCUT2D eigenvalue weighted by atomic mass is 15.1. The summed E-state index contributed by atoms with van der Waals surface area (Å²) in [6.45, 7) is 6.88. The van der Waals surface area contributed by atoms with Crippen LogP contribution >= 0.6 is 0 Å². The lowest BCUT2D eigenvalue weighted by atomic mass is 9.84. The smallest absolute Gasteiger partial charge is 0.0618 e. The van der Waals surface area contributed by atoms with E-state index < -0.39 is 0 Å². The predicted octanol–water partition coefficient (Wildman–Crippen LogP) is 19.5. The minimum Gasteiger partial charge on any atom is -0.309 e. The third kappa shape index (κ3) is 6.84. The zero-order valence-electron chi connectivity index (χ0n) is 39.0. The zero-order valence-corrected chi connectivity index (χ0v) is 39.0. The summed E-state index contributed by atoms with van der Waals surface area (Å²) in [5, 5.41) is 17.2. The van der Waals surface area contributed by atoms with Gasteiger partial charge in [-0.25, -0.2) is 0 Å². The molecule has 0 bridgehead atoms. The molecule has 0 heterocycles. The van der Waals surface area contributed by atoms with Crippen LogP contribution in [0.25, 0.3) is 109 Å². The van der Waals surface area contributed by atoms with Crippen LogP contribution in [0.1, 0.15) is 26.3 Å². The second-order valence-corrected chi connectivity index (χ2v) is 19.7. The average molecular weight is 880 g/mol. The fraction of sp³-hybridized carbons (Fsp3) is 0.0588. The minimum absolute atomic E-state index is 0.00217. The van der Waals surface area contributed by atoms with Gasteiger partial charge in [-0.2, -0.15) is 0 Å². The Hall–Kier alpha value is -8.52. The van der Waals surface area contributed by atoms with Crippen molar-refractivity contribution in [2.45, 2.75) is 26.2 Å². The van der Waals surface area contributed by atoms with Gasteiger partial charge in [-0.15, -0.1) is 0 Å². The van der Waals surface area contributed by atoms with Crippen molar-refractivity contribution in [3.63, 3.8) is 0 Å². The van der Waals surface area contributed by atoms with Gasteiger partial charge in [0.15, 0.2) is 0 Å². The standard InChI is InChI=1S/C68H49N/c1-68(2,3)53-34-36-54(37-35-53)69(67-61-26-14-12-24-58(61)65(59-25-13-15-27-62(59)67)51-32-29-45-17-5-8-20-48(45)41-51)55-38-39-60-63(43-55)66(52-33-30-46-18-6-9-21-49(46)42-52)57-23-11-10-22-56(57)64(60)50-31-28-44-16-4-7-19-47(44)40-50/h4-43H,1-3H3. The molecule has 69 heavy (non-hydrogen) atoms. The molecule has 0 fully saturated rings. The number of hydrogen-bond acceptors (Lipinski definition) is 1. The van der Waals surface area contributed by atoms with Crippen LogP contribution in [0.2, 0.25) is 0 Å². The first-order chi connectivity index (χ1) is 33.9. The molecule has 1 heteroatoms. The number of benzene rings is 13. The summed E-state index contributed by atoms with van der Waals surface area (Å²) >= 11 is 0. The fourth-order valence-electron chi connectivity index (χ4n) is 11.1. The SMILES string of the molecule is CC(C)(C)c1ccc(N(c2ccc3c(-c4ccc5ccccc5c4)c4ccccc4c(-c4ccc5ccccc5c4)c3c2)c2c3ccccc3c(-c3ccc4ccccc4c3)c3ccccc23)cc1. The van der Waals surface area contributed by atoms with E-state index in [0.717, 1.165) is 17.1 Å². The second kappa shape index (κ2) is 16.1. The van der Waals surface area contributed by atoms with Crippen LogP contribution in [0.3, 0.4) is 0 Å². The summed E-state index contributed by atoms with van der Waals surface area (Å²) < 4.78 is 0. The normalized spacial score (nSPS) is 12.0. The first-order valence-corrected chi connectivity index (χ1v) is 24.2. The Balaban J connectivity index is 1.14. The summed E-state index contributed by atoms with van der Waals surface area (Å²) in [4.78, 5) is 2.54. The number of rotatable bonds is 6. The summed E-state index contributed by atoms with van der Waals surface area (Å²) in [5.41, 5.74) is 12.0. The Labute approximate surface area is 403 Å². The van der Waals surface area contributed by atoms with Crippen molar-refractivity contribution >= 4 is 92.5 Å². The van der Waals surface area contributed by atoms with Crippen LogP contribution in [-0.2, 0) is 5.41 Å². The van der Waals surface area contributed by atoms with Crippen molar-refractivity contribution in [1.29, 1.82) is 0 Å². The third-order valence-electron chi connectivity index (χ3n) is 14.5. The average Bonchev–Trinajstić information content (AvgIpc) is 3.39. The molecule has 13 aromatic carbocycles. The number of anilines is 3. The van der Waals surface area contributed by atoms with Crippen LogP contribution < -0.4 is 4.90 Å². The van der Waals surface area contributed by atoms with Gasteiger partial charge in [0.05, 0.1) is 5.69 Å². The van der Waals surface area contributed by atoms with Crippen LogP contribution in [-0.4, -0.2) is 0 Å². The third-order valence-corrected chi connectivity index (χ3v) is 14.5. The highest BCUT2D eigenvalue weighted by Crippen LogP contribution is 2.51. The van der Waals surface area contributed by atoms with Gasteiger partial charge >= 0.3 is 0 Å². The van der Waals surface area contributed by atoms with E-state index in [1.807, 2.05) is 0 Å². The van der Waals surface area contributed by atoms with Crippen LogP contribution in [0.5, 0.6) is 0 Å². The Bertz CT molecular complexity index is 4110. The molecule has 13 rings (SSSR count). The lowest BCUT2D eigenvalue weighted by Gasteiger charge is -2.31. The minimum atomic E-state index is 0.00217. The highest BCUT2D eigenvalue weighted by molar-refractivity contribution is 6.25. The van der Waals surface area contributed by atoms with Crippen molar-refractivity contribution in [3.8, 4) is 33.4 Å². The lowest BCUT2D eigenvalue weighted by Crippen LogP contribution is -2.14. The molecule has 13 aromatic rings. The highest BCUT2D eigenvalue weighted by Gasteiger charge is 2.25. The van der Waals surface area contributed by atoms with Gasteiger partial charge in [-0.1, -0.05) is 221 Å². The van der Waals surface area contributed by atoms with Crippen LogP contribution in [0, 0.1) is 0 Å².